The molecule has 1 rings (SSSR count). The van der Waals surface area contributed by atoms with Crippen molar-refractivity contribution in [3.8, 4) is 0 Å². The van der Waals surface area contributed by atoms with E-state index in [-0.39, 0.29) is 5.92 Å². The number of hydrogen-bond acceptors (Lipinski definition) is 3. The van der Waals surface area contributed by atoms with E-state index in [1.54, 1.807) is 6.92 Å². The van der Waals surface area contributed by atoms with E-state index in [0.717, 1.165) is 19.3 Å². The number of ether oxygens (including phenoxy) is 1. The second-order valence-electron chi connectivity index (χ2n) is 4.78. The Morgan fingerprint density at radius 3 is 2.56 bits per heavy atom. The third-order valence-corrected chi connectivity index (χ3v) is 3.09. The van der Waals surface area contributed by atoms with Gasteiger partial charge in [-0.3, -0.25) is 0 Å². The Labute approximate surface area is 107 Å². The molecule has 1 fully saturated rings. The predicted molar refractivity (Wildman–Crippen MR) is 66.4 cm³/mol. The average Bonchev–Trinajstić information content (AvgIpc) is 3.12. The third kappa shape index (κ3) is 4.18. The van der Waals surface area contributed by atoms with Gasteiger partial charge in [0.25, 0.3) is 0 Å². The van der Waals surface area contributed by atoms with Crippen molar-refractivity contribution in [1.82, 2.24) is 10.6 Å². The maximum absolute atomic E-state index is 11.6. The molecule has 1 aliphatic carbocycles. The number of amides is 2. The van der Waals surface area contributed by atoms with Gasteiger partial charge in [-0.2, -0.15) is 0 Å². The van der Waals surface area contributed by atoms with Crippen molar-refractivity contribution in [2.75, 3.05) is 19.8 Å². The van der Waals surface area contributed by atoms with E-state index in [1.807, 2.05) is 6.92 Å². The highest BCUT2D eigenvalue weighted by molar-refractivity contribution is 5.86. The van der Waals surface area contributed by atoms with Gasteiger partial charge >= 0.3 is 12.0 Å². The molecular weight excluding hydrogens is 236 g/mol. The maximum Gasteiger partial charge on any atom is 0.329 e. The van der Waals surface area contributed by atoms with Crippen LogP contribution in [0.15, 0.2) is 0 Å². The second-order valence-corrected chi connectivity index (χ2v) is 4.78. The lowest BCUT2D eigenvalue weighted by atomic mass is 9.96. The Morgan fingerprint density at radius 1 is 1.39 bits per heavy atom. The van der Waals surface area contributed by atoms with Gasteiger partial charge in [0.15, 0.2) is 0 Å². The zero-order chi connectivity index (χ0) is 13.6. The minimum absolute atomic E-state index is 0.0390. The van der Waals surface area contributed by atoms with Crippen LogP contribution < -0.4 is 10.6 Å². The van der Waals surface area contributed by atoms with Crippen LogP contribution in [0.4, 0.5) is 4.79 Å². The molecule has 0 radical (unpaired) electrons. The molecule has 0 aromatic heterocycles. The molecule has 104 valence electrons. The van der Waals surface area contributed by atoms with Crippen LogP contribution in [0, 0.1) is 5.92 Å². The van der Waals surface area contributed by atoms with Gasteiger partial charge < -0.3 is 20.5 Å². The SMILES string of the molecule is CCCOCCNC(=O)NC(C)(C(=O)O)C1CC1. The first-order valence-corrected chi connectivity index (χ1v) is 6.38. The fourth-order valence-corrected chi connectivity index (χ4v) is 1.75. The van der Waals surface area contributed by atoms with E-state index in [1.165, 1.54) is 0 Å². The van der Waals surface area contributed by atoms with Crippen LogP contribution in [0.2, 0.25) is 0 Å². The van der Waals surface area contributed by atoms with E-state index in [2.05, 4.69) is 10.6 Å². The fourth-order valence-electron chi connectivity index (χ4n) is 1.75. The smallest absolute Gasteiger partial charge is 0.329 e. The largest absolute Gasteiger partial charge is 0.480 e. The van der Waals surface area contributed by atoms with Crippen molar-refractivity contribution >= 4 is 12.0 Å². The Bertz CT molecular complexity index is 304. The van der Waals surface area contributed by atoms with E-state index < -0.39 is 17.5 Å². The standard InChI is InChI=1S/C12H22N2O4/c1-3-7-18-8-6-13-11(17)14-12(2,10(15)16)9-4-5-9/h9H,3-8H2,1-2H3,(H,15,16)(H2,13,14,17). The summed E-state index contributed by atoms with van der Waals surface area (Å²) >= 11 is 0. The fraction of sp³-hybridized carbons (Fsp3) is 0.833. The lowest BCUT2D eigenvalue weighted by Crippen LogP contribution is -2.57. The summed E-state index contributed by atoms with van der Waals surface area (Å²) in [4.78, 5) is 22.8. The highest BCUT2D eigenvalue weighted by Gasteiger charge is 2.48. The van der Waals surface area contributed by atoms with Crippen LogP contribution in [0.5, 0.6) is 0 Å². The van der Waals surface area contributed by atoms with E-state index in [9.17, 15) is 9.59 Å². The molecule has 1 aliphatic rings. The van der Waals surface area contributed by atoms with E-state index in [4.69, 9.17) is 9.84 Å². The predicted octanol–water partition coefficient (Wildman–Crippen LogP) is 0.966. The van der Waals surface area contributed by atoms with Gasteiger partial charge in [0.2, 0.25) is 0 Å². The number of hydrogen-bond donors (Lipinski definition) is 3. The Morgan fingerprint density at radius 2 is 2.06 bits per heavy atom. The molecule has 3 N–H and O–H groups in total. The van der Waals surface area contributed by atoms with Crippen LogP contribution in [0.1, 0.15) is 33.1 Å². The Hall–Kier alpha value is -1.30. The van der Waals surface area contributed by atoms with Crippen LogP contribution >= 0.6 is 0 Å². The zero-order valence-electron chi connectivity index (χ0n) is 11.0. The van der Waals surface area contributed by atoms with Crippen LogP contribution in [-0.4, -0.2) is 42.4 Å². The van der Waals surface area contributed by atoms with Crippen molar-refractivity contribution in [2.45, 2.75) is 38.6 Å². The molecule has 0 bridgehead atoms. The summed E-state index contributed by atoms with van der Waals surface area (Å²) < 4.78 is 5.21. The van der Waals surface area contributed by atoms with E-state index in [0.29, 0.717) is 19.8 Å². The molecule has 0 saturated heterocycles. The molecule has 0 aromatic carbocycles. The Kier molecular flexibility index (Phi) is 5.40. The molecule has 0 spiro atoms. The quantitative estimate of drug-likeness (QED) is 0.566. The molecule has 1 atom stereocenters. The molecule has 6 nitrogen and oxygen atoms in total. The molecule has 0 aliphatic heterocycles. The van der Waals surface area contributed by atoms with Crippen molar-refractivity contribution in [3.05, 3.63) is 0 Å². The van der Waals surface area contributed by atoms with Gasteiger partial charge in [-0.05, 0) is 32.1 Å². The van der Waals surface area contributed by atoms with Crippen LogP contribution in [-0.2, 0) is 9.53 Å². The summed E-state index contributed by atoms with van der Waals surface area (Å²) in [6, 6.07) is -0.452. The Balaban J connectivity index is 2.27. The minimum atomic E-state index is -1.16. The van der Waals surface area contributed by atoms with E-state index >= 15 is 0 Å². The molecule has 1 unspecified atom stereocenters. The van der Waals surface area contributed by atoms with Crippen molar-refractivity contribution in [1.29, 1.82) is 0 Å². The van der Waals surface area contributed by atoms with Crippen LogP contribution in [0.3, 0.4) is 0 Å². The number of urea groups is 1. The molecule has 1 saturated carbocycles. The van der Waals surface area contributed by atoms with Gasteiger partial charge in [0.05, 0.1) is 6.61 Å². The van der Waals surface area contributed by atoms with Gasteiger partial charge in [-0.1, -0.05) is 6.92 Å². The number of carboxylic acid groups (broad SMARTS) is 1. The molecule has 0 aromatic rings. The summed E-state index contributed by atoms with van der Waals surface area (Å²) in [5, 5.41) is 14.3. The molecule has 18 heavy (non-hydrogen) atoms. The monoisotopic (exact) mass is 258 g/mol. The maximum atomic E-state index is 11.6. The number of rotatable bonds is 8. The van der Waals surface area contributed by atoms with Gasteiger partial charge in [0, 0.05) is 13.2 Å². The number of carbonyl (C=O) groups is 2. The normalized spacial score (nSPS) is 17.9. The summed E-state index contributed by atoms with van der Waals surface area (Å²) in [6.45, 7) is 5.05. The first-order valence-electron chi connectivity index (χ1n) is 6.38. The lowest BCUT2D eigenvalue weighted by molar-refractivity contribution is -0.144. The zero-order valence-corrected chi connectivity index (χ0v) is 11.0. The minimum Gasteiger partial charge on any atom is -0.480 e. The van der Waals surface area contributed by atoms with Gasteiger partial charge in [-0.15, -0.1) is 0 Å². The summed E-state index contributed by atoms with van der Waals surface area (Å²) in [7, 11) is 0. The molecule has 6 heteroatoms. The van der Waals surface area contributed by atoms with Crippen molar-refractivity contribution in [3.63, 3.8) is 0 Å². The van der Waals surface area contributed by atoms with Crippen LogP contribution in [0.25, 0.3) is 0 Å². The number of nitrogens with one attached hydrogen (secondary N) is 2. The summed E-state index contributed by atoms with van der Waals surface area (Å²) in [6.07, 6.45) is 2.64. The highest BCUT2D eigenvalue weighted by Crippen LogP contribution is 2.39. The summed E-state index contributed by atoms with van der Waals surface area (Å²) in [5.41, 5.74) is -1.16. The number of aliphatic carboxylic acids is 1. The molecular formula is C12H22N2O4. The van der Waals surface area contributed by atoms with Gasteiger partial charge in [-0.25, -0.2) is 9.59 Å². The highest BCUT2D eigenvalue weighted by atomic mass is 16.5. The van der Waals surface area contributed by atoms with Crippen molar-refractivity contribution in [2.24, 2.45) is 5.92 Å². The van der Waals surface area contributed by atoms with Gasteiger partial charge in [0.1, 0.15) is 5.54 Å². The number of carbonyl (C=O) groups excluding carboxylic acids is 1. The number of carboxylic acids is 1. The molecule has 0 heterocycles. The lowest BCUT2D eigenvalue weighted by Gasteiger charge is -2.26. The second kappa shape index (κ2) is 6.58. The average molecular weight is 258 g/mol. The third-order valence-electron chi connectivity index (χ3n) is 3.09. The van der Waals surface area contributed by atoms with Crippen molar-refractivity contribution < 1.29 is 19.4 Å². The molecule has 2 amide bonds. The first kappa shape index (κ1) is 14.8. The first-order chi connectivity index (χ1) is 8.50. The summed E-state index contributed by atoms with van der Waals surface area (Å²) in [5.74, 6) is -0.945. The topological polar surface area (TPSA) is 87.7 Å².